The SMILES string of the molecule is COc1ccc(OC)c2sc(N(CCN(C)C)C(=O)C3CCN(S(=O)(=O)c4ccc(C)cc4)CC3)nc12. The fourth-order valence-corrected chi connectivity index (χ4v) is 6.99. The highest BCUT2D eigenvalue weighted by atomic mass is 32.2. The number of aromatic nitrogens is 1. The molecule has 1 amide bonds. The average molecular weight is 547 g/mol. The molecule has 0 aliphatic carbocycles. The first-order valence-electron chi connectivity index (χ1n) is 12.2. The van der Waals surface area contributed by atoms with E-state index >= 15 is 0 Å². The van der Waals surface area contributed by atoms with Crippen LogP contribution in [-0.2, 0) is 14.8 Å². The summed E-state index contributed by atoms with van der Waals surface area (Å²) in [6, 6.07) is 10.5. The van der Waals surface area contributed by atoms with Gasteiger partial charge in [-0.15, -0.1) is 0 Å². The number of fused-ring (bicyclic) bond motifs is 1. The molecule has 1 fully saturated rings. The summed E-state index contributed by atoms with van der Waals surface area (Å²) in [6.45, 7) is 3.66. The van der Waals surface area contributed by atoms with Crippen LogP contribution < -0.4 is 14.4 Å². The Morgan fingerprint density at radius 1 is 1.03 bits per heavy atom. The lowest BCUT2D eigenvalue weighted by atomic mass is 9.96. The van der Waals surface area contributed by atoms with E-state index in [0.29, 0.717) is 61.2 Å². The predicted octanol–water partition coefficient (Wildman–Crippen LogP) is 3.62. The van der Waals surface area contributed by atoms with Crippen LogP contribution in [0.5, 0.6) is 11.5 Å². The van der Waals surface area contributed by atoms with Crippen molar-refractivity contribution in [2.24, 2.45) is 5.92 Å². The van der Waals surface area contributed by atoms with Crippen molar-refractivity contribution in [3.05, 3.63) is 42.0 Å². The number of sulfonamides is 1. The Balaban J connectivity index is 1.56. The normalized spacial score (nSPS) is 15.3. The van der Waals surface area contributed by atoms with Crippen molar-refractivity contribution in [1.29, 1.82) is 0 Å². The predicted molar refractivity (Wildman–Crippen MR) is 146 cm³/mol. The molecule has 200 valence electrons. The molecule has 4 rings (SSSR count). The Morgan fingerprint density at radius 3 is 2.24 bits per heavy atom. The molecule has 1 aliphatic heterocycles. The van der Waals surface area contributed by atoms with Crippen LogP contribution in [0.25, 0.3) is 10.2 Å². The lowest BCUT2D eigenvalue weighted by molar-refractivity contribution is -0.123. The van der Waals surface area contributed by atoms with Crippen molar-refractivity contribution < 1.29 is 22.7 Å². The maximum Gasteiger partial charge on any atom is 0.243 e. The van der Waals surface area contributed by atoms with Gasteiger partial charge in [0, 0.05) is 32.1 Å². The number of ether oxygens (including phenoxy) is 2. The summed E-state index contributed by atoms with van der Waals surface area (Å²) in [4.78, 5) is 22.6. The van der Waals surface area contributed by atoms with Crippen LogP contribution in [0.2, 0.25) is 0 Å². The van der Waals surface area contributed by atoms with Gasteiger partial charge in [-0.1, -0.05) is 29.0 Å². The second kappa shape index (κ2) is 11.3. The molecule has 2 heterocycles. The minimum atomic E-state index is -3.59. The number of nitrogens with zero attached hydrogens (tertiary/aromatic N) is 4. The molecule has 11 heteroatoms. The van der Waals surface area contributed by atoms with Gasteiger partial charge in [0.05, 0.1) is 19.1 Å². The van der Waals surface area contributed by atoms with E-state index in [9.17, 15) is 13.2 Å². The second-order valence-electron chi connectivity index (χ2n) is 9.43. The van der Waals surface area contributed by atoms with Gasteiger partial charge in [-0.25, -0.2) is 13.4 Å². The van der Waals surface area contributed by atoms with Gasteiger partial charge < -0.3 is 14.4 Å². The maximum absolute atomic E-state index is 13.8. The quantitative estimate of drug-likeness (QED) is 0.405. The molecule has 3 aromatic rings. The number of carbonyl (C=O) groups is 1. The Bertz CT molecular complexity index is 1310. The highest BCUT2D eigenvalue weighted by Crippen LogP contribution is 2.40. The summed E-state index contributed by atoms with van der Waals surface area (Å²) in [6.07, 6.45) is 0.917. The number of aryl methyl sites for hydroxylation is 1. The summed E-state index contributed by atoms with van der Waals surface area (Å²) >= 11 is 1.40. The summed E-state index contributed by atoms with van der Waals surface area (Å²) in [5.41, 5.74) is 1.66. The number of thiazole rings is 1. The fraction of sp³-hybridized carbons (Fsp3) is 0.462. The maximum atomic E-state index is 13.8. The molecular weight excluding hydrogens is 512 g/mol. The summed E-state index contributed by atoms with van der Waals surface area (Å²) in [7, 11) is 3.52. The van der Waals surface area contributed by atoms with Crippen LogP contribution in [0, 0.1) is 12.8 Å². The molecule has 0 saturated carbocycles. The van der Waals surface area contributed by atoms with Crippen molar-refractivity contribution >= 4 is 42.6 Å². The highest BCUT2D eigenvalue weighted by Gasteiger charge is 2.35. The monoisotopic (exact) mass is 546 g/mol. The molecule has 1 aromatic heterocycles. The molecule has 0 bridgehead atoms. The van der Waals surface area contributed by atoms with Gasteiger partial charge in [0.15, 0.2) is 5.13 Å². The smallest absolute Gasteiger partial charge is 0.243 e. The third-order valence-electron chi connectivity index (χ3n) is 6.63. The van der Waals surface area contributed by atoms with Crippen LogP contribution in [0.15, 0.2) is 41.3 Å². The fourth-order valence-electron chi connectivity index (χ4n) is 4.41. The summed E-state index contributed by atoms with van der Waals surface area (Å²) in [5, 5.41) is 0.583. The zero-order valence-corrected chi connectivity index (χ0v) is 23.6. The van der Waals surface area contributed by atoms with Crippen molar-refractivity contribution in [3.8, 4) is 11.5 Å². The number of anilines is 1. The standard InChI is InChI=1S/C26H34N4O5S2/c1-18-6-8-20(9-7-18)37(32,33)29-14-12-19(13-15-29)25(31)30(17-16-28(2)3)26-27-23-21(34-4)10-11-22(35-5)24(23)36-26/h6-11,19H,12-17H2,1-5H3. The zero-order valence-electron chi connectivity index (χ0n) is 21.9. The van der Waals surface area contributed by atoms with Gasteiger partial charge in [-0.2, -0.15) is 4.31 Å². The van der Waals surface area contributed by atoms with Crippen LogP contribution >= 0.6 is 11.3 Å². The van der Waals surface area contributed by atoms with Crippen molar-refractivity contribution in [1.82, 2.24) is 14.2 Å². The van der Waals surface area contributed by atoms with Gasteiger partial charge in [-0.05, 0) is 58.1 Å². The number of amides is 1. The van der Waals surface area contributed by atoms with Crippen molar-refractivity contribution in [3.63, 3.8) is 0 Å². The Hall–Kier alpha value is -2.73. The number of hydrogen-bond acceptors (Lipinski definition) is 8. The largest absolute Gasteiger partial charge is 0.495 e. The molecular formula is C26H34N4O5S2. The minimum Gasteiger partial charge on any atom is -0.495 e. The molecule has 37 heavy (non-hydrogen) atoms. The lowest BCUT2D eigenvalue weighted by Crippen LogP contribution is -2.46. The van der Waals surface area contributed by atoms with E-state index in [4.69, 9.17) is 14.5 Å². The van der Waals surface area contributed by atoms with E-state index in [1.54, 1.807) is 49.5 Å². The first kappa shape index (κ1) is 27.3. The topological polar surface area (TPSA) is 92.3 Å². The van der Waals surface area contributed by atoms with E-state index in [1.165, 1.54) is 15.6 Å². The average Bonchev–Trinajstić information content (AvgIpc) is 3.33. The number of hydrogen-bond donors (Lipinski definition) is 0. The zero-order chi connectivity index (χ0) is 26.7. The van der Waals surface area contributed by atoms with Gasteiger partial charge in [0.2, 0.25) is 15.9 Å². The number of piperidine rings is 1. The number of methoxy groups -OCH3 is 2. The Morgan fingerprint density at radius 2 is 1.65 bits per heavy atom. The molecule has 0 radical (unpaired) electrons. The molecule has 0 unspecified atom stereocenters. The van der Waals surface area contributed by atoms with Crippen LogP contribution in [0.3, 0.4) is 0 Å². The molecule has 9 nitrogen and oxygen atoms in total. The van der Waals surface area contributed by atoms with E-state index in [0.717, 1.165) is 10.3 Å². The van der Waals surface area contributed by atoms with Gasteiger partial charge in [0.25, 0.3) is 0 Å². The van der Waals surface area contributed by atoms with Crippen molar-refractivity contribution in [2.75, 3.05) is 59.4 Å². The van der Waals surface area contributed by atoms with E-state index in [2.05, 4.69) is 0 Å². The molecule has 2 aromatic carbocycles. The van der Waals surface area contributed by atoms with Gasteiger partial charge in [0.1, 0.15) is 21.7 Å². The summed E-state index contributed by atoms with van der Waals surface area (Å²) < 4.78 is 39.6. The van der Waals surface area contributed by atoms with Crippen molar-refractivity contribution in [2.45, 2.75) is 24.7 Å². The number of likely N-dealkylation sites (N-methyl/N-ethyl adjacent to an activating group) is 1. The lowest BCUT2D eigenvalue weighted by Gasteiger charge is -2.33. The molecule has 0 N–H and O–H groups in total. The molecule has 0 atom stereocenters. The van der Waals surface area contributed by atoms with E-state index in [-0.39, 0.29) is 16.7 Å². The minimum absolute atomic E-state index is 0.0359. The first-order valence-corrected chi connectivity index (χ1v) is 14.5. The van der Waals surface area contributed by atoms with Gasteiger partial charge >= 0.3 is 0 Å². The van der Waals surface area contributed by atoms with Crippen LogP contribution in [0.1, 0.15) is 18.4 Å². The van der Waals surface area contributed by atoms with E-state index < -0.39 is 10.0 Å². The molecule has 0 spiro atoms. The second-order valence-corrected chi connectivity index (χ2v) is 12.3. The first-order chi connectivity index (χ1) is 17.6. The number of benzene rings is 2. The molecule has 1 saturated heterocycles. The highest BCUT2D eigenvalue weighted by molar-refractivity contribution is 7.89. The number of carbonyl (C=O) groups excluding carboxylic acids is 1. The Labute approximate surface area is 222 Å². The van der Waals surface area contributed by atoms with E-state index in [1.807, 2.05) is 32.0 Å². The molecule has 1 aliphatic rings. The Kier molecular flexibility index (Phi) is 8.37. The summed E-state index contributed by atoms with van der Waals surface area (Å²) in [5.74, 6) is 0.968. The number of rotatable bonds is 9. The van der Waals surface area contributed by atoms with Crippen LogP contribution in [0.4, 0.5) is 5.13 Å². The third kappa shape index (κ3) is 5.74. The van der Waals surface area contributed by atoms with Crippen LogP contribution in [-0.4, -0.2) is 83.0 Å². The third-order valence-corrected chi connectivity index (χ3v) is 9.63. The van der Waals surface area contributed by atoms with Gasteiger partial charge in [-0.3, -0.25) is 9.69 Å².